The van der Waals surface area contributed by atoms with E-state index in [-0.39, 0.29) is 5.96 Å². The number of nitrogens with one attached hydrogen (secondary N) is 1. The van der Waals surface area contributed by atoms with E-state index in [0.717, 1.165) is 26.2 Å². The van der Waals surface area contributed by atoms with Crippen LogP contribution in [0.5, 0.6) is 0 Å². The summed E-state index contributed by atoms with van der Waals surface area (Å²) in [6, 6.07) is 0. The van der Waals surface area contributed by atoms with Gasteiger partial charge in [-0.25, -0.2) is 5.01 Å². The number of nitrogens with zero attached hydrogens (tertiary/aromatic N) is 2. The van der Waals surface area contributed by atoms with E-state index >= 15 is 0 Å². The number of guanidine groups is 1. The predicted octanol–water partition coefficient (Wildman–Crippen LogP) is -1.63. The molecule has 0 aliphatic carbocycles. The summed E-state index contributed by atoms with van der Waals surface area (Å²) in [4.78, 5) is 1.81. The van der Waals surface area contributed by atoms with Gasteiger partial charge in [0.25, 0.3) is 0 Å². The van der Waals surface area contributed by atoms with Gasteiger partial charge in [0.15, 0.2) is 5.96 Å². The Morgan fingerprint density at radius 1 is 1.20 bits per heavy atom. The van der Waals surface area contributed by atoms with Crippen LogP contribution in [0.2, 0.25) is 0 Å². The molecule has 0 aromatic heterocycles. The quantitative estimate of drug-likeness (QED) is 0.216. The fourth-order valence-electron chi connectivity index (χ4n) is 0.963. The molecule has 5 nitrogen and oxygen atoms in total. The van der Waals surface area contributed by atoms with E-state index in [0.29, 0.717) is 0 Å². The van der Waals surface area contributed by atoms with Crippen LogP contribution >= 0.6 is 0 Å². The first-order valence-corrected chi connectivity index (χ1v) is 3.29. The fraction of sp³-hybridized carbons (Fsp3) is 0.800. The lowest BCUT2D eigenvalue weighted by Gasteiger charge is -2.31. The molecular weight excluding hydrogens is 130 g/mol. The molecule has 5 heteroatoms. The van der Waals surface area contributed by atoms with Gasteiger partial charge in [-0.1, -0.05) is 0 Å². The molecule has 1 aliphatic heterocycles. The number of hydrogen-bond acceptors (Lipinski definition) is 3. The summed E-state index contributed by atoms with van der Waals surface area (Å²) in [6.45, 7) is 3.12. The first-order chi connectivity index (χ1) is 4.70. The van der Waals surface area contributed by atoms with Crippen LogP contribution in [-0.2, 0) is 0 Å². The van der Waals surface area contributed by atoms with E-state index in [2.05, 4.69) is 0 Å². The third-order valence-corrected chi connectivity index (χ3v) is 1.65. The van der Waals surface area contributed by atoms with Crippen molar-refractivity contribution < 1.29 is 0 Å². The molecule has 0 aromatic rings. The molecule has 0 aromatic carbocycles. The summed E-state index contributed by atoms with van der Waals surface area (Å²) in [5.41, 5.74) is 5.26. The molecule has 0 amide bonds. The Bertz CT molecular complexity index is 126. The number of hydrogen-bond donors (Lipinski definition) is 3. The maximum Gasteiger partial charge on any atom is 0.188 e. The number of hydrazine groups is 1. The van der Waals surface area contributed by atoms with Gasteiger partial charge in [0, 0.05) is 26.2 Å². The van der Waals surface area contributed by atoms with Crippen molar-refractivity contribution in [2.75, 3.05) is 26.2 Å². The smallest absolute Gasteiger partial charge is 0.188 e. The Morgan fingerprint density at radius 3 is 2.10 bits per heavy atom. The molecule has 1 saturated heterocycles. The van der Waals surface area contributed by atoms with Crippen LogP contribution in [-0.4, -0.2) is 42.0 Å². The molecule has 5 N–H and O–H groups in total. The number of rotatable bonds is 0. The lowest BCUT2D eigenvalue weighted by molar-refractivity contribution is 0.184. The minimum Gasteiger partial charge on any atom is -0.370 e. The van der Waals surface area contributed by atoms with Crippen LogP contribution in [0.1, 0.15) is 0 Å². The average molecular weight is 143 g/mol. The maximum absolute atomic E-state index is 7.10. The molecule has 1 rings (SSSR count). The van der Waals surface area contributed by atoms with E-state index in [9.17, 15) is 0 Å². The summed E-state index contributed by atoms with van der Waals surface area (Å²) >= 11 is 0. The fourth-order valence-corrected chi connectivity index (χ4v) is 0.963. The predicted molar refractivity (Wildman–Crippen MR) is 39.2 cm³/mol. The van der Waals surface area contributed by atoms with Crippen molar-refractivity contribution >= 4 is 5.96 Å². The van der Waals surface area contributed by atoms with Crippen LogP contribution < -0.4 is 11.6 Å². The summed E-state index contributed by atoms with van der Waals surface area (Å²) < 4.78 is 0. The Kier molecular flexibility index (Phi) is 2.08. The molecule has 0 radical (unpaired) electrons. The van der Waals surface area contributed by atoms with Gasteiger partial charge in [-0.05, 0) is 0 Å². The summed E-state index contributed by atoms with van der Waals surface area (Å²) in [6.07, 6.45) is 0. The monoisotopic (exact) mass is 143 g/mol. The molecule has 0 unspecified atom stereocenters. The highest BCUT2D eigenvalue weighted by molar-refractivity contribution is 5.74. The Labute approximate surface area is 60.0 Å². The van der Waals surface area contributed by atoms with Gasteiger partial charge in [-0.3, -0.25) is 11.3 Å². The van der Waals surface area contributed by atoms with Crippen molar-refractivity contribution in [1.82, 2.24) is 9.91 Å². The van der Waals surface area contributed by atoms with Crippen LogP contribution in [0, 0.1) is 5.41 Å². The lowest BCUT2D eigenvalue weighted by Crippen LogP contribution is -2.52. The molecule has 58 valence electrons. The van der Waals surface area contributed by atoms with Gasteiger partial charge in [-0.2, -0.15) is 0 Å². The topological polar surface area (TPSA) is 82.4 Å². The minimum absolute atomic E-state index is 0.146. The standard InChI is InChI=1S/C5H13N5/c6-5(7)9-1-3-10(8)4-2-9/h1-4,8H2,(H3,6,7). The second-order valence-corrected chi connectivity index (χ2v) is 2.41. The van der Waals surface area contributed by atoms with Gasteiger partial charge in [-0.15, -0.1) is 0 Å². The average Bonchev–Trinajstić information content (AvgIpc) is 1.88. The lowest BCUT2D eigenvalue weighted by atomic mass is 10.4. The Balaban J connectivity index is 2.33. The molecular formula is C5H13N5. The van der Waals surface area contributed by atoms with Gasteiger partial charge in [0.1, 0.15) is 0 Å². The van der Waals surface area contributed by atoms with E-state index in [1.54, 1.807) is 5.01 Å². The number of piperazine rings is 1. The third-order valence-electron chi connectivity index (χ3n) is 1.65. The number of nitrogens with two attached hydrogens (primary N) is 2. The van der Waals surface area contributed by atoms with E-state index < -0.39 is 0 Å². The summed E-state index contributed by atoms with van der Waals surface area (Å²) in [5, 5.41) is 8.83. The van der Waals surface area contributed by atoms with Gasteiger partial charge >= 0.3 is 0 Å². The molecule has 1 heterocycles. The largest absolute Gasteiger partial charge is 0.370 e. The zero-order valence-corrected chi connectivity index (χ0v) is 5.88. The molecule has 0 saturated carbocycles. The zero-order valence-electron chi connectivity index (χ0n) is 5.88. The van der Waals surface area contributed by atoms with Crippen molar-refractivity contribution in [2.24, 2.45) is 11.6 Å². The first kappa shape index (κ1) is 7.30. The van der Waals surface area contributed by atoms with Crippen LogP contribution in [0.3, 0.4) is 0 Å². The summed E-state index contributed by atoms with van der Waals surface area (Å²) in [5.74, 6) is 5.64. The highest BCUT2D eigenvalue weighted by Gasteiger charge is 2.13. The van der Waals surface area contributed by atoms with Crippen molar-refractivity contribution in [3.05, 3.63) is 0 Å². The minimum atomic E-state index is 0.146. The van der Waals surface area contributed by atoms with Gasteiger partial charge in [0.05, 0.1) is 0 Å². The Morgan fingerprint density at radius 2 is 1.70 bits per heavy atom. The molecule has 10 heavy (non-hydrogen) atoms. The molecule has 1 aliphatic rings. The maximum atomic E-state index is 7.10. The van der Waals surface area contributed by atoms with Crippen LogP contribution in [0.15, 0.2) is 0 Å². The highest BCUT2D eigenvalue weighted by Crippen LogP contribution is 1.94. The highest BCUT2D eigenvalue weighted by atomic mass is 15.4. The summed E-state index contributed by atoms with van der Waals surface area (Å²) in [7, 11) is 0. The second kappa shape index (κ2) is 2.85. The van der Waals surface area contributed by atoms with Crippen molar-refractivity contribution in [2.45, 2.75) is 0 Å². The molecule has 0 atom stereocenters. The third kappa shape index (κ3) is 1.58. The van der Waals surface area contributed by atoms with Crippen LogP contribution in [0.4, 0.5) is 0 Å². The van der Waals surface area contributed by atoms with E-state index in [1.165, 1.54) is 0 Å². The molecule has 0 bridgehead atoms. The second-order valence-electron chi connectivity index (χ2n) is 2.41. The van der Waals surface area contributed by atoms with Crippen molar-refractivity contribution in [1.29, 1.82) is 5.41 Å². The van der Waals surface area contributed by atoms with Crippen molar-refractivity contribution in [3.63, 3.8) is 0 Å². The normalized spacial score (nSPS) is 21.1. The van der Waals surface area contributed by atoms with E-state index in [4.69, 9.17) is 17.0 Å². The zero-order chi connectivity index (χ0) is 7.56. The van der Waals surface area contributed by atoms with Crippen molar-refractivity contribution in [3.8, 4) is 0 Å². The van der Waals surface area contributed by atoms with Gasteiger partial charge < -0.3 is 10.6 Å². The Hall–Kier alpha value is -0.810. The van der Waals surface area contributed by atoms with E-state index in [1.807, 2.05) is 4.90 Å². The molecule has 0 spiro atoms. The SMILES string of the molecule is N=C(N)N1CCN(N)CC1. The van der Waals surface area contributed by atoms with Crippen LogP contribution in [0.25, 0.3) is 0 Å². The molecule has 1 fully saturated rings. The van der Waals surface area contributed by atoms with Gasteiger partial charge in [0.2, 0.25) is 0 Å². The first-order valence-electron chi connectivity index (χ1n) is 3.29.